The van der Waals surface area contributed by atoms with Gasteiger partial charge in [0.1, 0.15) is 0 Å². The number of carbonyl (C=O) groups excluding carboxylic acids is 2. The molecule has 0 fully saturated rings. The molecule has 0 bridgehead atoms. The summed E-state index contributed by atoms with van der Waals surface area (Å²) in [5.74, 6) is -0.678. The van der Waals surface area contributed by atoms with Crippen LogP contribution in [0.2, 0.25) is 0 Å². The molecule has 0 radical (unpaired) electrons. The highest BCUT2D eigenvalue weighted by Crippen LogP contribution is 2.10. The van der Waals surface area contributed by atoms with Gasteiger partial charge in [-0.3, -0.25) is 9.59 Å². The Balaban J connectivity index is 2.44. The summed E-state index contributed by atoms with van der Waals surface area (Å²) < 4.78 is 4.97. The van der Waals surface area contributed by atoms with Gasteiger partial charge in [-0.25, -0.2) is 0 Å². The lowest BCUT2D eigenvalue weighted by Crippen LogP contribution is -2.42. The maximum absolute atomic E-state index is 11.7. The minimum atomic E-state index is -0.391. The lowest BCUT2D eigenvalue weighted by Gasteiger charge is -2.20. The molecule has 1 rings (SSSR count). The zero-order valence-corrected chi connectivity index (χ0v) is 12.9. The molecule has 0 aromatic heterocycles. The fourth-order valence-electron chi connectivity index (χ4n) is 1.73. The summed E-state index contributed by atoms with van der Waals surface area (Å²) >= 11 is 0. The molecule has 20 heavy (non-hydrogen) atoms. The number of carbonyl (C=O) groups is 2. The van der Waals surface area contributed by atoms with Gasteiger partial charge in [-0.1, -0.05) is 18.2 Å². The van der Waals surface area contributed by atoms with Gasteiger partial charge >= 0.3 is 5.97 Å². The van der Waals surface area contributed by atoms with Gasteiger partial charge in [0.25, 0.3) is 5.91 Å². The molecule has 1 N–H and O–H groups in total. The Labute approximate surface area is 120 Å². The van der Waals surface area contributed by atoms with Gasteiger partial charge in [-0.05, 0) is 51.3 Å². The Bertz CT molecular complexity index is 501. The molecule has 0 aliphatic carbocycles. The number of esters is 1. The second kappa shape index (κ2) is 6.55. The highest BCUT2D eigenvalue weighted by atomic mass is 16.5. The third-order valence-electron chi connectivity index (χ3n) is 2.80. The van der Waals surface area contributed by atoms with Crippen molar-refractivity contribution in [3.63, 3.8) is 0 Å². The van der Waals surface area contributed by atoms with Crippen LogP contribution in [-0.2, 0) is 20.7 Å². The van der Waals surface area contributed by atoms with Crippen LogP contribution in [0.1, 0.15) is 37.5 Å². The van der Waals surface area contributed by atoms with E-state index >= 15 is 0 Å². The number of aryl methyl sites for hydroxylation is 2. The van der Waals surface area contributed by atoms with Crippen LogP contribution < -0.4 is 5.32 Å². The summed E-state index contributed by atoms with van der Waals surface area (Å²) in [6, 6.07) is 5.84. The van der Waals surface area contributed by atoms with Crippen LogP contribution in [0.4, 0.5) is 0 Å². The molecule has 1 amide bonds. The fraction of sp³-hybridized carbons (Fsp3) is 0.500. The van der Waals surface area contributed by atoms with Gasteiger partial charge in [-0.2, -0.15) is 0 Å². The topological polar surface area (TPSA) is 55.4 Å². The molecule has 1 aromatic carbocycles. The van der Waals surface area contributed by atoms with E-state index in [1.165, 1.54) is 5.56 Å². The van der Waals surface area contributed by atoms with E-state index in [2.05, 4.69) is 5.32 Å². The van der Waals surface area contributed by atoms with Gasteiger partial charge in [0.2, 0.25) is 0 Å². The van der Waals surface area contributed by atoms with Crippen LogP contribution in [0.3, 0.4) is 0 Å². The molecule has 4 heteroatoms. The molecule has 0 aliphatic heterocycles. The summed E-state index contributed by atoms with van der Waals surface area (Å²) in [6.45, 7) is 9.42. The van der Waals surface area contributed by atoms with Crippen LogP contribution in [0, 0.1) is 13.8 Å². The number of nitrogens with one attached hydrogen (secondary N) is 1. The van der Waals surface area contributed by atoms with Crippen LogP contribution in [0.5, 0.6) is 0 Å². The third-order valence-corrected chi connectivity index (χ3v) is 2.80. The van der Waals surface area contributed by atoms with Crippen molar-refractivity contribution in [2.45, 2.75) is 46.6 Å². The molecule has 1 aromatic rings. The molecule has 0 aliphatic rings. The molecule has 0 heterocycles. The van der Waals surface area contributed by atoms with Crippen molar-refractivity contribution in [2.24, 2.45) is 0 Å². The maximum atomic E-state index is 11.7. The third kappa shape index (κ3) is 5.87. The van der Waals surface area contributed by atoms with Gasteiger partial charge in [0, 0.05) is 5.54 Å². The molecular weight excluding hydrogens is 254 g/mol. The second-order valence-corrected chi connectivity index (χ2v) is 6.05. The van der Waals surface area contributed by atoms with Gasteiger partial charge < -0.3 is 10.1 Å². The van der Waals surface area contributed by atoms with Crippen LogP contribution in [-0.4, -0.2) is 24.0 Å². The predicted molar refractivity (Wildman–Crippen MR) is 78.5 cm³/mol. The number of amides is 1. The van der Waals surface area contributed by atoms with E-state index in [1.54, 1.807) is 0 Å². The zero-order valence-electron chi connectivity index (χ0n) is 12.9. The van der Waals surface area contributed by atoms with E-state index in [0.29, 0.717) is 0 Å². The van der Waals surface area contributed by atoms with Crippen molar-refractivity contribution in [3.05, 3.63) is 34.9 Å². The minimum absolute atomic E-state index is 0.184. The Morgan fingerprint density at radius 1 is 1.15 bits per heavy atom. The van der Waals surface area contributed by atoms with Crippen molar-refractivity contribution in [1.29, 1.82) is 0 Å². The Morgan fingerprint density at radius 2 is 1.80 bits per heavy atom. The summed E-state index contributed by atoms with van der Waals surface area (Å²) in [7, 11) is 0. The number of ether oxygens (including phenoxy) is 1. The van der Waals surface area contributed by atoms with Crippen molar-refractivity contribution in [3.8, 4) is 0 Å². The smallest absolute Gasteiger partial charge is 0.310 e. The first-order chi connectivity index (χ1) is 9.17. The summed E-state index contributed by atoms with van der Waals surface area (Å²) in [6.07, 6.45) is 0.184. The van der Waals surface area contributed by atoms with Gasteiger partial charge in [-0.15, -0.1) is 0 Å². The average Bonchev–Trinajstić information content (AvgIpc) is 2.29. The highest BCUT2D eigenvalue weighted by Gasteiger charge is 2.15. The normalized spacial score (nSPS) is 11.1. The number of rotatable bonds is 4. The quantitative estimate of drug-likeness (QED) is 0.859. The highest BCUT2D eigenvalue weighted by molar-refractivity contribution is 5.81. The number of hydrogen-bond acceptors (Lipinski definition) is 3. The fourth-order valence-corrected chi connectivity index (χ4v) is 1.73. The monoisotopic (exact) mass is 277 g/mol. The summed E-state index contributed by atoms with van der Waals surface area (Å²) in [5, 5.41) is 2.74. The zero-order chi connectivity index (χ0) is 15.3. The Kier molecular flexibility index (Phi) is 5.31. The first-order valence-corrected chi connectivity index (χ1v) is 6.70. The van der Waals surface area contributed by atoms with E-state index in [-0.39, 0.29) is 24.5 Å². The summed E-state index contributed by atoms with van der Waals surface area (Å²) in [4.78, 5) is 23.2. The first-order valence-electron chi connectivity index (χ1n) is 6.70. The number of hydrogen-bond donors (Lipinski definition) is 1. The minimum Gasteiger partial charge on any atom is -0.455 e. The molecule has 4 nitrogen and oxygen atoms in total. The predicted octanol–water partition coefficient (Wildman–Crippen LogP) is 2.30. The van der Waals surface area contributed by atoms with E-state index in [9.17, 15) is 9.59 Å². The van der Waals surface area contributed by atoms with Gasteiger partial charge in [0.15, 0.2) is 6.61 Å². The second-order valence-electron chi connectivity index (χ2n) is 6.05. The average molecular weight is 277 g/mol. The van der Waals surface area contributed by atoms with Crippen LogP contribution >= 0.6 is 0 Å². The standard InChI is InChI=1S/C16H23NO3/c1-11-6-7-13(8-12(11)2)9-15(19)20-10-14(18)17-16(3,4)5/h6-8H,9-10H2,1-5H3,(H,17,18). The SMILES string of the molecule is Cc1ccc(CC(=O)OCC(=O)NC(C)(C)C)cc1C. The lowest BCUT2D eigenvalue weighted by atomic mass is 10.0. The lowest BCUT2D eigenvalue weighted by molar-refractivity contribution is -0.148. The first kappa shape index (κ1) is 16.2. The van der Waals surface area contributed by atoms with E-state index < -0.39 is 5.97 Å². The summed E-state index contributed by atoms with van der Waals surface area (Å²) in [5.41, 5.74) is 2.90. The molecule has 0 saturated heterocycles. The van der Waals surface area contributed by atoms with Crippen molar-refractivity contribution < 1.29 is 14.3 Å². The molecule has 0 atom stereocenters. The molecular formula is C16H23NO3. The molecule has 0 saturated carbocycles. The van der Waals surface area contributed by atoms with E-state index in [1.807, 2.05) is 52.8 Å². The van der Waals surface area contributed by atoms with Crippen molar-refractivity contribution >= 4 is 11.9 Å². The van der Waals surface area contributed by atoms with E-state index in [0.717, 1.165) is 11.1 Å². The molecule has 110 valence electrons. The van der Waals surface area contributed by atoms with Crippen molar-refractivity contribution in [2.75, 3.05) is 6.61 Å². The van der Waals surface area contributed by atoms with Crippen LogP contribution in [0.15, 0.2) is 18.2 Å². The largest absolute Gasteiger partial charge is 0.455 e. The molecule has 0 unspecified atom stereocenters. The van der Waals surface area contributed by atoms with E-state index in [4.69, 9.17) is 4.74 Å². The Morgan fingerprint density at radius 3 is 2.35 bits per heavy atom. The van der Waals surface area contributed by atoms with Gasteiger partial charge in [0.05, 0.1) is 6.42 Å². The van der Waals surface area contributed by atoms with Crippen molar-refractivity contribution in [1.82, 2.24) is 5.32 Å². The van der Waals surface area contributed by atoms with Crippen LogP contribution in [0.25, 0.3) is 0 Å². The molecule has 0 spiro atoms. The maximum Gasteiger partial charge on any atom is 0.310 e. The Hall–Kier alpha value is -1.84. The number of benzene rings is 1.